The van der Waals surface area contributed by atoms with Crippen LogP contribution in [0.5, 0.6) is 0 Å². The fourth-order valence-electron chi connectivity index (χ4n) is 3.20. The van der Waals surface area contributed by atoms with Gasteiger partial charge in [-0.3, -0.25) is 19.2 Å². The van der Waals surface area contributed by atoms with Crippen LogP contribution in [0.4, 0.5) is 0 Å². The van der Waals surface area contributed by atoms with Gasteiger partial charge in [0.05, 0.1) is 11.1 Å². The molecule has 0 aromatic heterocycles. The van der Waals surface area contributed by atoms with E-state index >= 15 is 0 Å². The van der Waals surface area contributed by atoms with E-state index in [0.29, 0.717) is 0 Å². The molecule has 4 rings (SSSR count). The average Bonchev–Trinajstić information content (AvgIpc) is 2.67. The molecule has 2 aliphatic rings. The van der Waals surface area contributed by atoms with Crippen LogP contribution in [0.1, 0.15) is 31.8 Å². The molecule has 126 valence electrons. The monoisotopic (exact) mass is 346 g/mol. The standard InChI is InChI=1S/C20H10O6/c21-15-9-5-1-3-7-11(9)17(23)19(25)13(15)14-16(22)10-6-2-4-8-12(10)18(24)20(14)26/h1-8,21-22H. The third kappa shape index (κ3) is 1.92. The Kier molecular flexibility index (Phi) is 3.23. The van der Waals surface area contributed by atoms with Crippen molar-refractivity contribution in [3.63, 3.8) is 0 Å². The molecule has 0 amide bonds. The molecule has 26 heavy (non-hydrogen) atoms. The first-order chi connectivity index (χ1) is 12.4. The van der Waals surface area contributed by atoms with Crippen molar-refractivity contribution < 1.29 is 29.4 Å². The molecule has 0 saturated carbocycles. The number of Topliss-reactive ketones (excluding diaryl/α,β-unsaturated/α-hetero) is 4. The van der Waals surface area contributed by atoms with Crippen molar-refractivity contribution in [3.05, 3.63) is 81.9 Å². The Morgan fingerprint density at radius 2 is 0.769 bits per heavy atom. The van der Waals surface area contributed by atoms with Crippen molar-refractivity contribution in [2.24, 2.45) is 0 Å². The molecular weight excluding hydrogens is 336 g/mol. The minimum absolute atomic E-state index is 0.00572. The van der Waals surface area contributed by atoms with Gasteiger partial charge in [-0.1, -0.05) is 48.5 Å². The van der Waals surface area contributed by atoms with E-state index in [0.717, 1.165) is 0 Å². The van der Waals surface area contributed by atoms with E-state index in [9.17, 15) is 29.4 Å². The highest BCUT2D eigenvalue weighted by molar-refractivity contribution is 6.60. The lowest BCUT2D eigenvalue weighted by atomic mass is 9.79. The van der Waals surface area contributed by atoms with Gasteiger partial charge in [0.25, 0.3) is 0 Å². The molecule has 0 bridgehead atoms. The molecule has 0 spiro atoms. The second kappa shape index (κ2) is 5.35. The molecule has 0 radical (unpaired) electrons. The minimum atomic E-state index is -1.15. The molecule has 6 nitrogen and oxygen atoms in total. The number of rotatable bonds is 1. The molecule has 0 unspecified atom stereocenters. The largest absolute Gasteiger partial charge is 0.506 e. The Bertz CT molecular complexity index is 1030. The third-order valence-electron chi connectivity index (χ3n) is 4.44. The van der Waals surface area contributed by atoms with Gasteiger partial charge in [-0.2, -0.15) is 0 Å². The summed E-state index contributed by atoms with van der Waals surface area (Å²) in [5.74, 6) is -5.38. The maximum Gasteiger partial charge on any atom is 0.238 e. The predicted molar refractivity (Wildman–Crippen MR) is 90.7 cm³/mol. The normalized spacial score (nSPS) is 16.8. The summed E-state index contributed by atoms with van der Waals surface area (Å²) in [6, 6.07) is 11.7. The quantitative estimate of drug-likeness (QED) is 0.768. The Hall–Kier alpha value is -3.80. The van der Waals surface area contributed by atoms with Gasteiger partial charge in [-0.15, -0.1) is 0 Å². The van der Waals surface area contributed by atoms with Gasteiger partial charge in [0.15, 0.2) is 0 Å². The molecule has 0 fully saturated rings. The number of aliphatic hydroxyl groups excluding tert-OH is 2. The highest BCUT2D eigenvalue weighted by Crippen LogP contribution is 2.37. The number of ketones is 4. The SMILES string of the molecule is O=C1C(=O)c2ccccc2C(O)=C1C1=C(O)c2ccccc2C(=O)C1=O. The maximum absolute atomic E-state index is 12.5. The lowest BCUT2D eigenvalue weighted by Gasteiger charge is -2.22. The Balaban J connectivity index is 2.06. The van der Waals surface area contributed by atoms with Crippen LogP contribution < -0.4 is 0 Å². The van der Waals surface area contributed by atoms with E-state index in [1.807, 2.05) is 0 Å². The molecule has 0 aliphatic heterocycles. The summed E-state index contributed by atoms with van der Waals surface area (Å²) in [4.78, 5) is 49.8. The number of hydrogen-bond donors (Lipinski definition) is 2. The van der Waals surface area contributed by atoms with Crippen LogP contribution in [-0.2, 0) is 9.59 Å². The van der Waals surface area contributed by atoms with Crippen molar-refractivity contribution in [2.75, 3.05) is 0 Å². The summed E-state index contributed by atoms with van der Waals surface area (Å²) in [5, 5.41) is 21.1. The molecule has 2 aliphatic carbocycles. The summed E-state index contributed by atoms with van der Waals surface area (Å²) < 4.78 is 0. The number of fused-ring (bicyclic) bond motifs is 2. The van der Waals surface area contributed by atoms with Gasteiger partial charge in [-0.25, -0.2) is 0 Å². The van der Waals surface area contributed by atoms with Crippen molar-refractivity contribution >= 4 is 34.7 Å². The Labute approximate surface area is 146 Å². The maximum atomic E-state index is 12.5. The molecule has 0 saturated heterocycles. The number of hydrogen-bond acceptors (Lipinski definition) is 6. The summed E-state index contributed by atoms with van der Waals surface area (Å²) >= 11 is 0. The topological polar surface area (TPSA) is 109 Å². The van der Waals surface area contributed by atoms with Crippen molar-refractivity contribution in [1.29, 1.82) is 0 Å². The van der Waals surface area contributed by atoms with Gasteiger partial charge in [0, 0.05) is 22.3 Å². The fraction of sp³-hybridized carbons (Fsp3) is 0. The van der Waals surface area contributed by atoms with E-state index in [1.165, 1.54) is 36.4 Å². The number of carbonyl (C=O) groups is 4. The molecule has 6 heteroatoms. The van der Waals surface area contributed by atoms with Gasteiger partial charge in [0.1, 0.15) is 11.5 Å². The zero-order valence-electron chi connectivity index (χ0n) is 13.1. The van der Waals surface area contributed by atoms with Gasteiger partial charge in [0.2, 0.25) is 23.1 Å². The summed E-state index contributed by atoms with van der Waals surface area (Å²) in [6.07, 6.45) is 0. The van der Waals surface area contributed by atoms with Gasteiger partial charge >= 0.3 is 0 Å². The van der Waals surface area contributed by atoms with Crippen molar-refractivity contribution in [1.82, 2.24) is 0 Å². The van der Waals surface area contributed by atoms with Crippen LogP contribution in [0.15, 0.2) is 59.7 Å². The van der Waals surface area contributed by atoms with E-state index < -0.39 is 45.8 Å². The zero-order valence-corrected chi connectivity index (χ0v) is 13.1. The molecule has 0 atom stereocenters. The van der Waals surface area contributed by atoms with Crippen LogP contribution in [0.2, 0.25) is 0 Å². The highest BCUT2D eigenvalue weighted by atomic mass is 16.3. The van der Waals surface area contributed by atoms with E-state index in [1.54, 1.807) is 12.1 Å². The first-order valence-electron chi connectivity index (χ1n) is 7.67. The van der Waals surface area contributed by atoms with Crippen LogP contribution in [0.3, 0.4) is 0 Å². The van der Waals surface area contributed by atoms with Gasteiger partial charge in [-0.05, 0) is 0 Å². The lowest BCUT2D eigenvalue weighted by Crippen LogP contribution is -2.32. The number of aliphatic hydroxyl groups is 2. The molecule has 0 heterocycles. The molecular formula is C20H10O6. The van der Waals surface area contributed by atoms with E-state index in [2.05, 4.69) is 0 Å². The highest BCUT2D eigenvalue weighted by Gasteiger charge is 2.42. The third-order valence-corrected chi connectivity index (χ3v) is 4.44. The number of carbonyl (C=O) groups excluding carboxylic acids is 4. The van der Waals surface area contributed by atoms with Crippen molar-refractivity contribution in [3.8, 4) is 0 Å². The fourth-order valence-corrected chi connectivity index (χ4v) is 3.20. The summed E-state index contributed by atoms with van der Waals surface area (Å²) in [6.45, 7) is 0. The first kappa shape index (κ1) is 15.7. The van der Waals surface area contributed by atoms with E-state index in [-0.39, 0.29) is 22.3 Å². The Morgan fingerprint density at radius 3 is 1.12 bits per heavy atom. The predicted octanol–water partition coefficient (Wildman–Crippen LogP) is 2.46. The number of allylic oxidation sites excluding steroid dienone is 2. The molecule has 2 aromatic rings. The lowest BCUT2D eigenvalue weighted by molar-refractivity contribution is -0.114. The zero-order chi connectivity index (χ0) is 18.6. The van der Waals surface area contributed by atoms with Crippen LogP contribution >= 0.6 is 0 Å². The Morgan fingerprint density at radius 1 is 0.462 bits per heavy atom. The van der Waals surface area contributed by atoms with E-state index in [4.69, 9.17) is 0 Å². The number of benzene rings is 2. The van der Waals surface area contributed by atoms with Crippen LogP contribution in [0, 0.1) is 0 Å². The molecule has 2 N–H and O–H groups in total. The summed E-state index contributed by atoms with van der Waals surface area (Å²) in [7, 11) is 0. The summed E-state index contributed by atoms with van der Waals surface area (Å²) in [5.41, 5.74) is -1.20. The van der Waals surface area contributed by atoms with Crippen LogP contribution in [-0.4, -0.2) is 33.3 Å². The average molecular weight is 346 g/mol. The second-order valence-corrected chi connectivity index (χ2v) is 5.85. The first-order valence-corrected chi connectivity index (χ1v) is 7.67. The van der Waals surface area contributed by atoms with Crippen molar-refractivity contribution in [2.45, 2.75) is 0 Å². The molecule has 2 aromatic carbocycles. The minimum Gasteiger partial charge on any atom is -0.506 e. The van der Waals surface area contributed by atoms with Crippen LogP contribution in [0.25, 0.3) is 11.5 Å². The van der Waals surface area contributed by atoms with Gasteiger partial charge < -0.3 is 10.2 Å². The second-order valence-electron chi connectivity index (χ2n) is 5.85. The smallest absolute Gasteiger partial charge is 0.238 e.